The lowest BCUT2D eigenvalue weighted by molar-refractivity contribution is -0.380. The molecule has 0 aliphatic heterocycles. The van der Waals surface area contributed by atoms with Crippen molar-refractivity contribution >= 4 is 38.0 Å². The maximum atomic E-state index is 10.5. The molecular formula is C10H8BrN3O2S. The number of hydrogen-bond acceptors (Lipinski definition) is 5. The van der Waals surface area contributed by atoms with Gasteiger partial charge in [-0.1, -0.05) is 11.3 Å². The molecule has 0 spiro atoms. The van der Waals surface area contributed by atoms with Crippen LogP contribution in [-0.2, 0) is 6.54 Å². The Morgan fingerprint density at radius 2 is 2.35 bits per heavy atom. The Balaban J connectivity index is 1.97. The highest BCUT2D eigenvalue weighted by molar-refractivity contribution is 9.10. The van der Waals surface area contributed by atoms with Crippen LogP contribution >= 0.6 is 27.3 Å². The van der Waals surface area contributed by atoms with Crippen LogP contribution in [0.4, 0.5) is 10.7 Å². The smallest absolute Gasteiger partial charge is 0.324 e. The van der Waals surface area contributed by atoms with Gasteiger partial charge in [0, 0.05) is 18.0 Å². The molecule has 17 heavy (non-hydrogen) atoms. The van der Waals surface area contributed by atoms with E-state index in [1.807, 2.05) is 12.1 Å². The van der Waals surface area contributed by atoms with E-state index in [2.05, 4.69) is 26.2 Å². The Labute approximate surface area is 110 Å². The number of nitrogens with zero attached hydrogens (tertiary/aromatic N) is 2. The van der Waals surface area contributed by atoms with Crippen molar-refractivity contribution in [2.24, 2.45) is 0 Å². The molecule has 0 saturated carbocycles. The molecule has 2 aromatic heterocycles. The van der Waals surface area contributed by atoms with Crippen molar-refractivity contribution in [3.8, 4) is 0 Å². The third kappa shape index (κ3) is 3.24. The van der Waals surface area contributed by atoms with Crippen LogP contribution in [0.25, 0.3) is 0 Å². The molecule has 88 valence electrons. The van der Waals surface area contributed by atoms with Gasteiger partial charge in [0.25, 0.3) is 0 Å². The molecule has 1 N–H and O–H groups in total. The second-order valence-corrected chi connectivity index (χ2v) is 4.98. The van der Waals surface area contributed by atoms with Gasteiger partial charge in [0.15, 0.2) is 0 Å². The minimum absolute atomic E-state index is 0.163. The number of aromatic nitrogens is 1. The Morgan fingerprint density at radius 3 is 2.94 bits per heavy atom. The largest absolute Gasteiger partial charge is 0.380 e. The number of thiophene rings is 1. The first-order valence-corrected chi connectivity index (χ1v) is 6.39. The van der Waals surface area contributed by atoms with Crippen LogP contribution in [0.3, 0.4) is 0 Å². The minimum Gasteiger partial charge on any atom is -0.380 e. The van der Waals surface area contributed by atoms with Gasteiger partial charge < -0.3 is 5.32 Å². The summed E-state index contributed by atoms with van der Waals surface area (Å²) in [7, 11) is 0. The maximum absolute atomic E-state index is 10.5. The van der Waals surface area contributed by atoms with Crippen LogP contribution < -0.4 is 5.32 Å². The van der Waals surface area contributed by atoms with E-state index < -0.39 is 0 Å². The van der Waals surface area contributed by atoms with Crippen molar-refractivity contribution < 1.29 is 4.92 Å². The molecule has 0 aromatic carbocycles. The molecule has 0 fully saturated rings. The van der Waals surface area contributed by atoms with Crippen molar-refractivity contribution in [1.29, 1.82) is 0 Å². The first-order valence-electron chi connectivity index (χ1n) is 4.72. The van der Waals surface area contributed by atoms with E-state index in [9.17, 15) is 10.1 Å². The fraction of sp³-hybridized carbons (Fsp3) is 0.100. The van der Waals surface area contributed by atoms with Crippen LogP contribution in [0.5, 0.6) is 0 Å². The molecule has 2 aromatic rings. The Bertz CT molecular complexity index is 527. The van der Waals surface area contributed by atoms with Crippen LogP contribution in [0.15, 0.2) is 34.4 Å². The van der Waals surface area contributed by atoms with Crippen LogP contribution in [0.1, 0.15) is 5.56 Å². The van der Waals surface area contributed by atoms with Crippen LogP contribution in [0.2, 0.25) is 0 Å². The van der Waals surface area contributed by atoms with E-state index in [1.165, 1.54) is 0 Å². The molecule has 0 saturated heterocycles. The van der Waals surface area contributed by atoms with Crippen molar-refractivity contribution in [2.45, 2.75) is 6.54 Å². The van der Waals surface area contributed by atoms with Gasteiger partial charge in [-0.25, -0.2) is 4.98 Å². The third-order valence-corrected chi connectivity index (χ3v) is 3.44. The van der Waals surface area contributed by atoms with E-state index in [-0.39, 0.29) is 9.92 Å². The zero-order valence-electron chi connectivity index (χ0n) is 8.59. The first-order chi connectivity index (χ1) is 8.15. The number of nitrogens with one attached hydrogen (secondary N) is 1. The number of halogens is 1. The van der Waals surface area contributed by atoms with Crippen LogP contribution in [0, 0.1) is 10.1 Å². The lowest BCUT2D eigenvalue weighted by Gasteiger charge is -2.03. The Morgan fingerprint density at radius 1 is 1.53 bits per heavy atom. The van der Waals surface area contributed by atoms with Gasteiger partial charge in [0.1, 0.15) is 4.60 Å². The number of hydrogen-bond donors (Lipinski definition) is 1. The lowest BCUT2D eigenvalue weighted by atomic mass is 10.3. The number of pyridine rings is 1. The van der Waals surface area contributed by atoms with Crippen molar-refractivity contribution in [2.75, 3.05) is 5.32 Å². The van der Waals surface area contributed by atoms with E-state index in [0.29, 0.717) is 6.54 Å². The lowest BCUT2D eigenvalue weighted by Crippen LogP contribution is -1.98. The highest BCUT2D eigenvalue weighted by Crippen LogP contribution is 2.23. The predicted octanol–water partition coefficient (Wildman–Crippen LogP) is 3.43. The molecule has 0 aliphatic carbocycles. The fourth-order valence-corrected chi connectivity index (χ4v) is 2.20. The van der Waals surface area contributed by atoms with E-state index in [4.69, 9.17) is 0 Å². The quantitative estimate of drug-likeness (QED) is 0.533. The van der Waals surface area contributed by atoms with Crippen molar-refractivity contribution in [3.63, 3.8) is 0 Å². The zero-order chi connectivity index (χ0) is 12.3. The van der Waals surface area contributed by atoms with Gasteiger partial charge in [-0.15, -0.1) is 0 Å². The molecule has 0 amide bonds. The Kier molecular flexibility index (Phi) is 3.70. The van der Waals surface area contributed by atoms with Gasteiger partial charge in [-0.2, -0.15) is 0 Å². The minimum atomic E-state index is -0.380. The monoisotopic (exact) mass is 313 g/mol. The fourth-order valence-electron chi connectivity index (χ4n) is 1.24. The van der Waals surface area contributed by atoms with Crippen LogP contribution in [-0.4, -0.2) is 9.91 Å². The summed E-state index contributed by atoms with van der Waals surface area (Å²) in [6.07, 6.45) is 1.70. The van der Waals surface area contributed by atoms with Crippen molar-refractivity contribution in [3.05, 3.63) is 50.1 Å². The predicted molar refractivity (Wildman–Crippen MR) is 70.2 cm³/mol. The summed E-state index contributed by atoms with van der Waals surface area (Å²) in [5.74, 6) is 0. The molecule has 7 heteroatoms. The number of rotatable bonds is 4. The average molecular weight is 314 g/mol. The highest BCUT2D eigenvalue weighted by atomic mass is 79.9. The number of nitro groups is 1. The maximum Gasteiger partial charge on any atom is 0.324 e. The highest BCUT2D eigenvalue weighted by Gasteiger charge is 2.08. The zero-order valence-corrected chi connectivity index (χ0v) is 11.0. The second kappa shape index (κ2) is 5.24. The van der Waals surface area contributed by atoms with E-state index in [1.54, 1.807) is 17.6 Å². The summed E-state index contributed by atoms with van der Waals surface area (Å²) in [6, 6.07) is 5.29. The Hall–Kier alpha value is -1.47. The van der Waals surface area contributed by atoms with E-state index in [0.717, 1.165) is 27.2 Å². The molecule has 5 nitrogen and oxygen atoms in total. The molecule has 0 bridgehead atoms. The summed E-state index contributed by atoms with van der Waals surface area (Å²) in [5, 5.41) is 15.6. The van der Waals surface area contributed by atoms with Gasteiger partial charge in [-0.3, -0.25) is 10.1 Å². The molecule has 0 radical (unpaired) electrons. The summed E-state index contributed by atoms with van der Waals surface area (Å²) in [6.45, 7) is 0.549. The van der Waals surface area contributed by atoms with Gasteiger partial charge >= 0.3 is 5.00 Å². The molecule has 0 unspecified atom stereocenters. The standard InChI is InChI=1S/C10H8BrN3O2S/c11-9-2-1-8(5-13-9)12-4-7-3-10(14(15)16)17-6-7/h1-3,5-6,12H,4H2. The molecule has 2 heterocycles. The molecular weight excluding hydrogens is 306 g/mol. The van der Waals surface area contributed by atoms with Crippen molar-refractivity contribution in [1.82, 2.24) is 4.98 Å². The third-order valence-electron chi connectivity index (χ3n) is 2.04. The molecule has 2 rings (SSSR count). The van der Waals surface area contributed by atoms with Gasteiger partial charge in [0.2, 0.25) is 0 Å². The van der Waals surface area contributed by atoms with E-state index >= 15 is 0 Å². The summed E-state index contributed by atoms with van der Waals surface area (Å²) < 4.78 is 0.772. The number of anilines is 1. The SMILES string of the molecule is O=[N+]([O-])c1cc(CNc2ccc(Br)nc2)cs1. The normalized spacial score (nSPS) is 10.2. The average Bonchev–Trinajstić information content (AvgIpc) is 2.77. The molecule has 0 atom stereocenters. The van der Waals surface area contributed by atoms with Gasteiger partial charge in [0.05, 0.1) is 16.8 Å². The molecule has 0 aliphatic rings. The summed E-state index contributed by atoms with van der Waals surface area (Å²) in [5.41, 5.74) is 1.77. The first kappa shape index (κ1) is 12.0. The second-order valence-electron chi connectivity index (χ2n) is 3.27. The summed E-state index contributed by atoms with van der Waals surface area (Å²) in [4.78, 5) is 14.2. The topological polar surface area (TPSA) is 68.1 Å². The van der Waals surface area contributed by atoms with Gasteiger partial charge in [-0.05, 0) is 33.6 Å². The summed E-state index contributed by atoms with van der Waals surface area (Å²) >= 11 is 4.38.